The Morgan fingerprint density at radius 2 is 1.97 bits per heavy atom. The molecule has 1 saturated heterocycles. The third kappa shape index (κ3) is 4.01. The highest BCUT2D eigenvalue weighted by molar-refractivity contribution is 8.06. The molecule has 0 aliphatic carbocycles. The number of hydrogen-bond acceptors (Lipinski definition) is 6. The zero-order valence-electron chi connectivity index (χ0n) is 15.1. The molecule has 148 valence electrons. The predicted molar refractivity (Wildman–Crippen MR) is 110 cm³/mol. The van der Waals surface area contributed by atoms with Crippen LogP contribution >= 0.6 is 23.5 Å². The molecule has 29 heavy (non-hydrogen) atoms. The van der Waals surface area contributed by atoms with E-state index in [1.54, 1.807) is 18.3 Å². The maximum atomic E-state index is 12.7. The largest absolute Gasteiger partial charge is 0.477 e. The summed E-state index contributed by atoms with van der Waals surface area (Å²) in [7, 11) is 0. The number of benzene rings is 1. The van der Waals surface area contributed by atoms with Gasteiger partial charge in [0.1, 0.15) is 22.1 Å². The van der Waals surface area contributed by atoms with E-state index in [1.165, 1.54) is 28.4 Å². The molecular formula is C20H17N3O4S2. The Hall–Kier alpha value is -2.78. The number of amides is 2. The van der Waals surface area contributed by atoms with Crippen LogP contribution < -0.4 is 5.32 Å². The van der Waals surface area contributed by atoms with Crippen molar-refractivity contribution >= 4 is 41.3 Å². The molecule has 0 unspecified atom stereocenters. The summed E-state index contributed by atoms with van der Waals surface area (Å²) in [4.78, 5) is 42.9. The van der Waals surface area contributed by atoms with Crippen LogP contribution in [-0.4, -0.2) is 49.9 Å². The predicted octanol–water partition coefficient (Wildman–Crippen LogP) is 2.11. The Labute approximate surface area is 175 Å². The second-order valence-corrected chi connectivity index (χ2v) is 8.68. The molecular weight excluding hydrogens is 410 g/mol. The number of carboxylic acids is 1. The van der Waals surface area contributed by atoms with Gasteiger partial charge in [0.2, 0.25) is 5.91 Å². The van der Waals surface area contributed by atoms with E-state index in [1.807, 2.05) is 36.4 Å². The monoisotopic (exact) mass is 427 g/mol. The van der Waals surface area contributed by atoms with Crippen molar-refractivity contribution in [2.75, 3.05) is 5.75 Å². The minimum atomic E-state index is -1.16. The van der Waals surface area contributed by atoms with Crippen LogP contribution in [-0.2, 0) is 20.8 Å². The van der Waals surface area contributed by atoms with Crippen LogP contribution in [0, 0.1) is 0 Å². The molecule has 0 saturated carbocycles. The van der Waals surface area contributed by atoms with E-state index in [0.29, 0.717) is 15.7 Å². The van der Waals surface area contributed by atoms with Crippen LogP contribution in [0.15, 0.2) is 70.4 Å². The number of carboxylic acid groups (broad SMARTS) is 1. The average molecular weight is 428 g/mol. The van der Waals surface area contributed by atoms with Crippen LogP contribution in [0.1, 0.15) is 5.56 Å². The highest BCUT2D eigenvalue weighted by Crippen LogP contribution is 2.44. The fraction of sp³-hybridized carbons (Fsp3) is 0.200. The van der Waals surface area contributed by atoms with Gasteiger partial charge in [-0.1, -0.05) is 48.2 Å². The summed E-state index contributed by atoms with van der Waals surface area (Å²) >= 11 is 2.69. The van der Waals surface area contributed by atoms with E-state index in [0.717, 1.165) is 5.56 Å². The molecule has 2 aromatic rings. The van der Waals surface area contributed by atoms with Gasteiger partial charge in [-0.25, -0.2) is 9.78 Å². The van der Waals surface area contributed by atoms with Crippen molar-refractivity contribution < 1.29 is 19.5 Å². The van der Waals surface area contributed by atoms with E-state index < -0.39 is 23.3 Å². The zero-order valence-corrected chi connectivity index (χ0v) is 16.8. The summed E-state index contributed by atoms with van der Waals surface area (Å²) in [6.45, 7) is 0. The van der Waals surface area contributed by atoms with Gasteiger partial charge in [0, 0.05) is 16.9 Å². The fourth-order valence-electron chi connectivity index (χ4n) is 3.21. The number of pyridine rings is 1. The van der Waals surface area contributed by atoms with Crippen molar-refractivity contribution in [3.63, 3.8) is 0 Å². The molecule has 2 aliphatic heterocycles. The van der Waals surface area contributed by atoms with E-state index in [9.17, 15) is 19.5 Å². The van der Waals surface area contributed by atoms with Crippen LogP contribution in [0.3, 0.4) is 0 Å². The number of nitrogens with one attached hydrogen (secondary N) is 1. The SMILES string of the molecule is O=C(Cc1ccccc1)N[C@@H]1C(=O)N2C(C(=O)O)=C(Sc3ccccn3)CS[C@@H]12. The quantitative estimate of drug-likeness (QED) is 0.681. The van der Waals surface area contributed by atoms with Gasteiger partial charge >= 0.3 is 5.97 Å². The Bertz CT molecular complexity index is 982. The topological polar surface area (TPSA) is 99.6 Å². The first kappa shape index (κ1) is 19.5. The summed E-state index contributed by atoms with van der Waals surface area (Å²) in [6, 6.07) is 13.9. The van der Waals surface area contributed by atoms with E-state index in [2.05, 4.69) is 10.3 Å². The van der Waals surface area contributed by atoms with Gasteiger partial charge < -0.3 is 10.4 Å². The molecule has 0 radical (unpaired) electrons. The van der Waals surface area contributed by atoms with Crippen molar-refractivity contribution in [3.05, 3.63) is 70.9 Å². The molecule has 4 rings (SSSR count). The van der Waals surface area contributed by atoms with Crippen molar-refractivity contribution in [1.82, 2.24) is 15.2 Å². The van der Waals surface area contributed by atoms with E-state index >= 15 is 0 Å². The van der Waals surface area contributed by atoms with Gasteiger partial charge in [0.25, 0.3) is 5.91 Å². The molecule has 7 nitrogen and oxygen atoms in total. The third-order valence-electron chi connectivity index (χ3n) is 4.53. The normalized spacial score (nSPS) is 20.7. The van der Waals surface area contributed by atoms with Gasteiger partial charge in [-0.3, -0.25) is 14.5 Å². The van der Waals surface area contributed by atoms with Gasteiger partial charge in [-0.2, -0.15) is 0 Å². The first-order valence-electron chi connectivity index (χ1n) is 8.88. The summed E-state index contributed by atoms with van der Waals surface area (Å²) < 4.78 is 0. The number of carbonyl (C=O) groups excluding carboxylic acids is 2. The second kappa shape index (κ2) is 8.30. The standard InChI is InChI=1S/C20H17N3O4S2/c24-14(10-12-6-2-1-3-7-12)22-16-18(25)23-17(20(26)27)13(11-28-19(16)23)29-15-8-4-5-9-21-15/h1-9,16,19H,10-11H2,(H,22,24)(H,26,27)/t16-,19+/m1/s1. The van der Waals surface area contributed by atoms with Gasteiger partial charge in [0.15, 0.2) is 0 Å². The first-order chi connectivity index (χ1) is 14.0. The molecule has 0 spiro atoms. The molecule has 1 aromatic heterocycles. The number of rotatable bonds is 6. The highest BCUT2D eigenvalue weighted by Gasteiger charge is 2.54. The van der Waals surface area contributed by atoms with Gasteiger partial charge in [-0.15, -0.1) is 11.8 Å². The zero-order chi connectivity index (χ0) is 20.4. The van der Waals surface area contributed by atoms with Crippen molar-refractivity contribution in [2.45, 2.75) is 22.9 Å². The number of hydrogen-bond donors (Lipinski definition) is 2. The van der Waals surface area contributed by atoms with Crippen molar-refractivity contribution in [2.24, 2.45) is 0 Å². The number of aliphatic carboxylic acids is 1. The van der Waals surface area contributed by atoms with Crippen molar-refractivity contribution in [3.8, 4) is 0 Å². The second-order valence-electron chi connectivity index (χ2n) is 6.46. The molecule has 2 atom stereocenters. The number of thioether (sulfide) groups is 2. The number of β-lactam (4-membered cyclic amide) rings is 1. The Kier molecular flexibility index (Phi) is 5.59. The Balaban J connectivity index is 1.48. The molecule has 1 fully saturated rings. The highest BCUT2D eigenvalue weighted by atomic mass is 32.2. The summed E-state index contributed by atoms with van der Waals surface area (Å²) in [5.41, 5.74) is 0.827. The fourth-order valence-corrected chi connectivity index (χ4v) is 5.64. The summed E-state index contributed by atoms with van der Waals surface area (Å²) in [6.07, 6.45) is 1.81. The van der Waals surface area contributed by atoms with E-state index in [4.69, 9.17) is 0 Å². The molecule has 9 heteroatoms. The first-order valence-corrected chi connectivity index (χ1v) is 10.7. The Morgan fingerprint density at radius 1 is 1.21 bits per heavy atom. The number of nitrogens with zero attached hydrogens (tertiary/aromatic N) is 2. The average Bonchev–Trinajstić information content (AvgIpc) is 2.73. The van der Waals surface area contributed by atoms with Gasteiger partial charge in [-0.05, 0) is 17.7 Å². The van der Waals surface area contributed by atoms with Crippen molar-refractivity contribution in [1.29, 1.82) is 0 Å². The lowest BCUT2D eigenvalue weighted by Gasteiger charge is -2.49. The smallest absolute Gasteiger partial charge is 0.353 e. The van der Waals surface area contributed by atoms with Crippen LogP contribution in [0.25, 0.3) is 0 Å². The minimum absolute atomic E-state index is 0.0250. The van der Waals surface area contributed by atoms with Crippen LogP contribution in [0.4, 0.5) is 0 Å². The molecule has 2 N–H and O–H groups in total. The molecule has 0 bridgehead atoms. The minimum Gasteiger partial charge on any atom is -0.477 e. The summed E-state index contributed by atoms with van der Waals surface area (Å²) in [5, 5.41) is 12.7. The lowest BCUT2D eigenvalue weighted by atomic mass is 10.0. The molecule has 1 aromatic carbocycles. The maximum absolute atomic E-state index is 12.7. The third-order valence-corrected chi connectivity index (χ3v) is 7.02. The van der Waals surface area contributed by atoms with Gasteiger partial charge in [0.05, 0.1) is 6.42 Å². The van der Waals surface area contributed by atoms with Crippen LogP contribution in [0.5, 0.6) is 0 Å². The lowest BCUT2D eigenvalue weighted by Crippen LogP contribution is -2.70. The molecule has 2 amide bonds. The maximum Gasteiger partial charge on any atom is 0.353 e. The van der Waals surface area contributed by atoms with Crippen LogP contribution in [0.2, 0.25) is 0 Å². The summed E-state index contributed by atoms with van der Waals surface area (Å²) in [5.74, 6) is -1.39. The van der Waals surface area contributed by atoms with E-state index in [-0.39, 0.29) is 18.0 Å². The Morgan fingerprint density at radius 3 is 2.66 bits per heavy atom. The molecule has 2 aliphatic rings. The number of fused-ring (bicyclic) bond motifs is 1. The molecule has 3 heterocycles. The number of carbonyl (C=O) groups is 3. The number of aromatic nitrogens is 1. The lowest BCUT2D eigenvalue weighted by molar-refractivity contribution is -0.150.